The molecule has 0 aliphatic carbocycles. The Morgan fingerprint density at radius 3 is 2.36 bits per heavy atom. The van der Waals surface area contributed by atoms with Crippen LogP contribution in [-0.4, -0.2) is 23.6 Å². The van der Waals surface area contributed by atoms with Gasteiger partial charge in [0.2, 0.25) is 0 Å². The number of aromatic nitrogens is 1. The average molecular weight is 358 g/mol. The van der Waals surface area contributed by atoms with Crippen LogP contribution < -0.4 is 9.47 Å². The van der Waals surface area contributed by atoms with Crippen molar-refractivity contribution in [2.45, 2.75) is 13.8 Å². The second-order valence-corrected chi connectivity index (χ2v) is 5.98. The molecule has 128 valence electrons. The van der Waals surface area contributed by atoms with Crippen molar-refractivity contribution in [2.24, 2.45) is 0 Å². The van der Waals surface area contributed by atoms with Gasteiger partial charge in [0.15, 0.2) is 5.75 Å². The molecule has 3 aromatic rings. The molecule has 1 heterocycles. The summed E-state index contributed by atoms with van der Waals surface area (Å²) in [6.45, 7) is 3.06. The lowest BCUT2D eigenvalue weighted by Crippen LogP contribution is -2.13. The number of methoxy groups -OCH3 is 1. The van der Waals surface area contributed by atoms with E-state index in [1.807, 2.05) is 0 Å². The molecule has 0 aliphatic heterocycles. The monoisotopic (exact) mass is 357 g/mol. The van der Waals surface area contributed by atoms with Crippen LogP contribution in [0.2, 0.25) is 5.02 Å². The summed E-state index contributed by atoms with van der Waals surface area (Å²) < 4.78 is 12.1. The van der Waals surface area contributed by atoms with Gasteiger partial charge < -0.3 is 9.47 Å². The van der Waals surface area contributed by atoms with E-state index in [0.717, 1.165) is 0 Å². The summed E-state index contributed by atoms with van der Waals surface area (Å²) >= 11 is 5.89. The number of esters is 1. The summed E-state index contributed by atoms with van der Waals surface area (Å²) in [5.41, 5.74) is 1.66. The van der Waals surface area contributed by atoms with Crippen molar-refractivity contribution in [3.63, 3.8) is 0 Å². The highest BCUT2D eigenvalue weighted by molar-refractivity contribution is 6.30. The number of benzene rings is 2. The van der Waals surface area contributed by atoms with Gasteiger partial charge in [0.1, 0.15) is 5.75 Å². The van der Waals surface area contributed by atoms with Crippen LogP contribution >= 0.6 is 11.6 Å². The normalized spacial score (nSPS) is 10.7. The number of carbonyl (C=O) groups excluding carboxylic acids is 2. The van der Waals surface area contributed by atoms with Gasteiger partial charge >= 0.3 is 5.97 Å². The summed E-state index contributed by atoms with van der Waals surface area (Å²) in [4.78, 5) is 24.5. The van der Waals surface area contributed by atoms with Crippen LogP contribution in [0.3, 0.4) is 0 Å². The molecule has 0 saturated carbocycles. The Labute approximate surface area is 149 Å². The van der Waals surface area contributed by atoms with Gasteiger partial charge in [0, 0.05) is 22.9 Å². The molecule has 0 atom stereocenters. The third-order valence-electron chi connectivity index (χ3n) is 3.89. The Kier molecular flexibility index (Phi) is 4.51. The lowest BCUT2D eigenvalue weighted by molar-refractivity contribution is -0.131. The molecule has 0 aliphatic rings. The summed E-state index contributed by atoms with van der Waals surface area (Å²) in [5.74, 6) is 0.271. The van der Waals surface area contributed by atoms with Crippen molar-refractivity contribution in [1.82, 2.24) is 4.57 Å². The number of hydrogen-bond acceptors (Lipinski definition) is 4. The minimum absolute atomic E-state index is 0.234. The zero-order valence-corrected chi connectivity index (χ0v) is 14.8. The highest BCUT2D eigenvalue weighted by atomic mass is 35.5. The van der Waals surface area contributed by atoms with Crippen molar-refractivity contribution in [3.05, 3.63) is 58.7 Å². The molecule has 25 heavy (non-hydrogen) atoms. The first-order valence-electron chi connectivity index (χ1n) is 7.60. The van der Waals surface area contributed by atoms with Crippen LogP contribution in [0, 0.1) is 6.92 Å². The van der Waals surface area contributed by atoms with Crippen LogP contribution in [0.1, 0.15) is 23.0 Å². The van der Waals surface area contributed by atoms with Gasteiger partial charge in [-0.3, -0.25) is 14.2 Å². The molecule has 0 fully saturated rings. The Morgan fingerprint density at radius 2 is 1.76 bits per heavy atom. The van der Waals surface area contributed by atoms with Gasteiger partial charge in [-0.25, -0.2) is 0 Å². The number of ether oxygens (including phenoxy) is 2. The van der Waals surface area contributed by atoms with Crippen molar-refractivity contribution < 1.29 is 19.1 Å². The van der Waals surface area contributed by atoms with Crippen molar-refractivity contribution in [1.29, 1.82) is 0 Å². The molecular weight excluding hydrogens is 342 g/mol. The predicted molar refractivity (Wildman–Crippen MR) is 95.7 cm³/mol. The maximum absolute atomic E-state index is 13.0. The highest BCUT2D eigenvalue weighted by Crippen LogP contribution is 2.36. The van der Waals surface area contributed by atoms with Gasteiger partial charge in [-0.2, -0.15) is 0 Å². The maximum Gasteiger partial charge on any atom is 0.308 e. The van der Waals surface area contributed by atoms with E-state index in [4.69, 9.17) is 21.1 Å². The fraction of sp³-hybridized carbons (Fsp3) is 0.158. The molecule has 0 spiro atoms. The highest BCUT2D eigenvalue weighted by Gasteiger charge is 2.22. The fourth-order valence-electron chi connectivity index (χ4n) is 2.75. The molecule has 3 rings (SSSR count). The number of nitrogens with zero attached hydrogens (tertiary/aromatic N) is 1. The van der Waals surface area contributed by atoms with Crippen molar-refractivity contribution in [2.75, 3.05) is 7.11 Å². The lowest BCUT2D eigenvalue weighted by Gasteiger charge is -2.07. The van der Waals surface area contributed by atoms with E-state index in [0.29, 0.717) is 38.7 Å². The molecule has 0 unspecified atom stereocenters. The maximum atomic E-state index is 13.0. The zero-order valence-electron chi connectivity index (χ0n) is 14.0. The Morgan fingerprint density at radius 1 is 1.08 bits per heavy atom. The quantitative estimate of drug-likeness (QED) is 0.658. The molecule has 5 nitrogen and oxygen atoms in total. The molecule has 0 bridgehead atoms. The zero-order chi connectivity index (χ0) is 18.1. The Balaban J connectivity index is 2.23. The minimum atomic E-state index is -0.455. The molecule has 1 aromatic heterocycles. The average Bonchev–Trinajstić information content (AvgIpc) is 2.86. The number of hydrogen-bond donors (Lipinski definition) is 0. The summed E-state index contributed by atoms with van der Waals surface area (Å²) in [5, 5.41) is 1.19. The number of carbonyl (C=O) groups is 2. The van der Waals surface area contributed by atoms with Gasteiger partial charge in [-0.15, -0.1) is 0 Å². The Bertz CT molecular complexity index is 973. The standard InChI is InChI=1S/C19H16ClNO4/c1-11-18(25-12(2)22)16-10-15(24-3)8-9-17(16)21(11)19(23)13-4-6-14(20)7-5-13/h4-10H,1-3H3. The largest absolute Gasteiger partial charge is 0.497 e. The third kappa shape index (κ3) is 3.10. The second kappa shape index (κ2) is 6.61. The molecule has 0 N–H and O–H groups in total. The minimum Gasteiger partial charge on any atom is -0.497 e. The van der Waals surface area contributed by atoms with E-state index < -0.39 is 5.97 Å². The van der Waals surface area contributed by atoms with Crippen molar-refractivity contribution >= 4 is 34.4 Å². The number of halogens is 1. The topological polar surface area (TPSA) is 57.5 Å². The van der Waals surface area contributed by atoms with E-state index in [-0.39, 0.29) is 5.91 Å². The first kappa shape index (κ1) is 17.0. The smallest absolute Gasteiger partial charge is 0.308 e. The second-order valence-electron chi connectivity index (χ2n) is 5.54. The van der Waals surface area contributed by atoms with Crippen LogP contribution in [0.15, 0.2) is 42.5 Å². The summed E-state index contributed by atoms with van der Waals surface area (Å²) in [6, 6.07) is 11.9. The fourth-order valence-corrected chi connectivity index (χ4v) is 2.88. The van der Waals surface area contributed by atoms with E-state index in [1.165, 1.54) is 11.5 Å². The SMILES string of the molecule is COc1ccc2c(c1)c(OC(C)=O)c(C)n2C(=O)c1ccc(Cl)cc1. The van der Waals surface area contributed by atoms with Gasteiger partial charge in [0.25, 0.3) is 5.91 Å². The molecule has 2 aromatic carbocycles. The van der Waals surface area contributed by atoms with E-state index in [9.17, 15) is 9.59 Å². The van der Waals surface area contributed by atoms with Crippen LogP contribution in [-0.2, 0) is 4.79 Å². The lowest BCUT2D eigenvalue weighted by atomic mass is 10.2. The predicted octanol–water partition coefficient (Wildman–Crippen LogP) is 4.23. The molecule has 0 amide bonds. The van der Waals surface area contributed by atoms with Crippen molar-refractivity contribution in [3.8, 4) is 11.5 Å². The number of rotatable bonds is 3. The molecule has 0 radical (unpaired) electrons. The summed E-state index contributed by atoms with van der Waals surface area (Å²) in [7, 11) is 1.55. The van der Waals surface area contributed by atoms with E-state index in [2.05, 4.69) is 0 Å². The third-order valence-corrected chi connectivity index (χ3v) is 4.15. The van der Waals surface area contributed by atoms with Crippen LogP contribution in [0.25, 0.3) is 10.9 Å². The van der Waals surface area contributed by atoms with Crippen LogP contribution in [0.5, 0.6) is 11.5 Å². The molecule has 6 heteroatoms. The summed E-state index contributed by atoms with van der Waals surface area (Å²) in [6.07, 6.45) is 0. The Hall–Kier alpha value is -2.79. The van der Waals surface area contributed by atoms with E-state index in [1.54, 1.807) is 56.5 Å². The first-order chi connectivity index (χ1) is 11.9. The van der Waals surface area contributed by atoms with Gasteiger partial charge in [0.05, 0.1) is 18.3 Å². The number of fused-ring (bicyclic) bond motifs is 1. The van der Waals surface area contributed by atoms with Gasteiger partial charge in [-0.05, 0) is 49.4 Å². The van der Waals surface area contributed by atoms with E-state index >= 15 is 0 Å². The van der Waals surface area contributed by atoms with Crippen LogP contribution in [0.4, 0.5) is 0 Å². The molecular formula is C19H16ClNO4. The first-order valence-corrected chi connectivity index (χ1v) is 7.98. The molecule has 0 saturated heterocycles. The van der Waals surface area contributed by atoms with Gasteiger partial charge in [-0.1, -0.05) is 11.6 Å².